The molecule has 0 radical (unpaired) electrons. The van der Waals surface area contributed by atoms with E-state index >= 15 is 0 Å². The third-order valence-corrected chi connectivity index (χ3v) is 3.13. The second kappa shape index (κ2) is 8.22. The number of hydrogen-bond donors (Lipinski definition) is 1. The van der Waals surface area contributed by atoms with Gasteiger partial charge in [0, 0.05) is 10.6 Å². The van der Waals surface area contributed by atoms with Crippen molar-refractivity contribution in [1.82, 2.24) is 0 Å². The lowest BCUT2D eigenvalue weighted by atomic mass is 10.0. The highest BCUT2D eigenvalue weighted by atomic mass is 35.5. The maximum absolute atomic E-state index is 13.5. The molecule has 0 saturated carbocycles. The fourth-order valence-corrected chi connectivity index (χ4v) is 2.01. The molecule has 21 heavy (non-hydrogen) atoms. The molecule has 1 unspecified atom stereocenters. The van der Waals surface area contributed by atoms with Crippen molar-refractivity contribution >= 4 is 29.2 Å². The van der Waals surface area contributed by atoms with E-state index in [1.54, 1.807) is 13.8 Å². The molecular weight excluding hydrogens is 322 g/mol. The molecule has 4 nitrogen and oxygen atoms in total. The molecule has 7 heteroatoms. The second-order valence-corrected chi connectivity index (χ2v) is 4.75. The van der Waals surface area contributed by atoms with Crippen LogP contribution in [0.3, 0.4) is 0 Å². The molecule has 116 valence electrons. The second-order valence-electron chi connectivity index (χ2n) is 3.94. The van der Waals surface area contributed by atoms with E-state index < -0.39 is 17.9 Å². The standard InChI is InChI=1S/C14H15Cl2FO4/c1-3-20-7-9(14(19)21-4-2)13(18)8-5-12(17)11(16)6-10(8)15/h5-7,13,18H,3-4H2,1-2H3/b9-7+. The Labute approximate surface area is 132 Å². The molecule has 0 amide bonds. The highest BCUT2D eigenvalue weighted by molar-refractivity contribution is 6.35. The SMILES string of the molecule is CCO/C=C(/C(=O)OCC)C(O)c1cc(F)c(Cl)cc1Cl. The predicted molar refractivity (Wildman–Crippen MR) is 77.7 cm³/mol. The Morgan fingerprint density at radius 1 is 1.33 bits per heavy atom. The Balaban J connectivity index is 3.19. The quantitative estimate of drug-likeness (QED) is 0.373. The van der Waals surface area contributed by atoms with Crippen molar-refractivity contribution in [2.75, 3.05) is 13.2 Å². The molecule has 0 heterocycles. The minimum Gasteiger partial charge on any atom is -0.501 e. The summed E-state index contributed by atoms with van der Waals surface area (Å²) < 4.78 is 23.4. The monoisotopic (exact) mass is 336 g/mol. The molecule has 0 fully saturated rings. The smallest absolute Gasteiger partial charge is 0.340 e. The fraction of sp³-hybridized carbons (Fsp3) is 0.357. The maximum atomic E-state index is 13.5. The van der Waals surface area contributed by atoms with E-state index in [1.165, 1.54) is 0 Å². The molecule has 0 aliphatic heterocycles. The maximum Gasteiger partial charge on any atom is 0.340 e. The van der Waals surface area contributed by atoms with Crippen molar-refractivity contribution in [2.45, 2.75) is 20.0 Å². The number of aliphatic hydroxyl groups is 1. The summed E-state index contributed by atoms with van der Waals surface area (Å²) in [6.45, 7) is 3.74. The molecule has 0 aromatic heterocycles. The van der Waals surface area contributed by atoms with Crippen LogP contribution in [0.1, 0.15) is 25.5 Å². The van der Waals surface area contributed by atoms with Gasteiger partial charge >= 0.3 is 5.97 Å². The van der Waals surface area contributed by atoms with E-state index in [4.69, 9.17) is 32.7 Å². The summed E-state index contributed by atoms with van der Waals surface area (Å²) in [6, 6.07) is 2.12. The molecule has 1 atom stereocenters. The Morgan fingerprint density at radius 2 is 2.00 bits per heavy atom. The van der Waals surface area contributed by atoms with Gasteiger partial charge in [-0.05, 0) is 26.0 Å². The van der Waals surface area contributed by atoms with Gasteiger partial charge in [0.15, 0.2) is 0 Å². The van der Waals surface area contributed by atoms with E-state index in [1.807, 2.05) is 0 Å². The van der Waals surface area contributed by atoms with Crippen molar-refractivity contribution in [2.24, 2.45) is 0 Å². The van der Waals surface area contributed by atoms with E-state index in [2.05, 4.69) is 0 Å². The Hall–Kier alpha value is -1.30. The normalized spacial score (nSPS) is 13.0. The summed E-state index contributed by atoms with van der Waals surface area (Å²) in [6.07, 6.45) is -0.416. The average molecular weight is 337 g/mol. The number of carbonyl (C=O) groups is 1. The van der Waals surface area contributed by atoms with Crippen LogP contribution in [0.4, 0.5) is 4.39 Å². The first-order valence-electron chi connectivity index (χ1n) is 6.23. The molecule has 1 rings (SSSR count). The van der Waals surface area contributed by atoms with Gasteiger partial charge in [0.2, 0.25) is 0 Å². The van der Waals surface area contributed by atoms with Gasteiger partial charge < -0.3 is 14.6 Å². The van der Waals surface area contributed by atoms with Crippen LogP contribution in [0, 0.1) is 5.82 Å². The molecule has 1 N–H and O–H groups in total. The zero-order valence-corrected chi connectivity index (χ0v) is 13.0. The van der Waals surface area contributed by atoms with Crippen LogP contribution in [-0.4, -0.2) is 24.3 Å². The number of ether oxygens (including phenoxy) is 2. The van der Waals surface area contributed by atoms with Crippen LogP contribution in [0.15, 0.2) is 24.0 Å². The van der Waals surface area contributed by atoms with Crippen molar-refractivity contribution in [1.29, 1.82) is 0 Å². The van der Waals surface area contributed by atoms with Crippen molar-refractivity contribution < 1.29 is 23.8 Å². The first kappa shape index (κ1) is 17.8. The van der Waals surface area contributed by atoms with Crippen LogP contribution in [0.2, 0.25) is 10.0 Å². The van der Waals surface area contributed by atoms with Crippen molar-refractivity contribution in [3.8, 4) is 0 Å². The third kappa shape index (κ3) is 4.59. The number of benzene rings is 1. The molecule has 1 aromatic rings. The minimum absolute atomic E-state index is 0.00225. The topological polar surface area (TPSA) is 55.8 Å². The Morgan fingerprint density at radius 3 is 2.57 bits per heavy atom. The summed E-state index contributed by atoms with van der Waals surface area (Å²) in [5.74, 6) is -1.53. The number of halogens is 3. The lowest BCUT2D eigenvalue weighted by Crippen LogP contribution is -2.16. The van der Waals surface area contributed by atoms with E-state index in [0.717, 1.165) is 18.4 Å². The number of rotatable bonds is 6. The first-order valence-corrected chi connectivity index (χ1v) is 6.99. The predicted octanol–water partition coefficient (Wildman–Crippen LogP) is 3.65. The number of hydrogen-bond acceptors (Lipinski definition) is 4. The number of esters is 1. The molecular formula is C14H15Cl2FO4. The van der Waals surface area contributed by atoms with E-state index in [9.17, 15) is 14.3 Å². The van der Waals surface area contributed by atoms with Gasteiger partial charge in [-0.15, -0.1) is 0 Å². The van der Waals surface area contributed by atoms with Gasteiger partial charge in [-0.1, -0.05) is 23.2 Å². The fourth-order valence-electron chi connectivity index (χ4n) is 1.53. The number of carbonyl (C=O) groups excluding carboxylic acids is 1. The highest BCUT2D eigenvalue weighted by Gasteiger charge is 2.25. The summed E-state index contributed by atoms with van der Waals surface area (Å²) in [4.78, 5) is 11.8. The molecule has 0 aliphatic carbocycles. The summed E-state index contributed by atoms with van der Waals surface area (Å²) >= 11 is 11.5. The zero-order chi connectivity index (χ0) is 16.0. The van der Waals surface area contributed by atoms with Crippen LogP contribution in [0.5, 0.6) is 0 Å². The average Bonchev–Trinajstić information content (AvgIpc) is 2.43. The van der Waals surface area contributed by atoms with Crippen molar-refractivity contribution in [3.63, 3.8) is 0 Å². The van der Waals surface area contributed by atoms with Crippen LogP contribution >= 0.6 is 23.2 Å². The first-order chi connectivity index (χ1) is 9.92. The van der Waals surface area contributed by atoms with Crippen LogP contribution in [-0.2, 0) is 14.3 Å². The molecule has 0 spiro atoms. The largest absolute Gasteiger partial charge is 0.501 e. The summed E-state index contributed by atoms with van der Waals surface area (Å²) in [7, 11) is 0. The summed E-state index contributed by atoms with van der Waals surface area (Å²) in [5.41, 5.74) is -0.181. The van der Waals surface area contributed by atoms with Gasteiger partial charge in [-0.25, -0.2) is 9.18 Å². The molecule has 0 saturated heterocycles. The van der Waals surface area contributed by atoms with Crippen LogP contribution < -0.4 is 0 Å². The minimum atomic E-state index is -1.49. The van der Waals surface area contributed by atoms with Gasteiger partial charge in [0.05, 0.1) is 24.5 Å². The summed E-state index contributed by atoms with van der Waals surface area (Å²) in [5, 5.41) is 10.1. The lowest BCUT2D eigenvalue weighted by Gasteiger charge is -2.16. The lowest BCUT2D eigenvalue weighted by molar-refractivity contribution is -0.139. The third-order valence-electron chi connectivity index (χ3n) is 2.52. The molecule has 1 aromatic carbocycles. The van der Waals surface area contributed by atoms with Gasteiger partial charge in [-0.2, -0.15) is 0 Å². The highest BCUT2D eigenvalue weighted by Crippen LogP contribution is 2.32. The van der Waals surface area contributed by atoms with E-state index in [0.29, 0.717) is 6.61 Å². The van der Waals surface area contributed by atoms with Crippen molar-refractivity contribution in [3.05, 3.63) is 45.4 Å². The molecule has 0 aliphatic rings. The van der Waals surface area contributed by atoms with Gasteiger partial charge in [0.1, 0.15) is 17.5 Å². The molecule has 0 bridgehead atoms. The van der Waals surface area contributed by atoms with E-state index in [-0.39, 0.29) is 27.8 Å². The Bertz CT molecular complexity index is 546. The van der Waals surface area contributed by atoms with Gasteiger partial charge in [0.25, 0.3) is 0 Å². The Kier molecular flexibility index (Phi) is 6.95. The van der Waals surface area contributed by atoms with Gasteiger partial charge in [-0.3, -0.25) is 0 Å². The van der Waals surface area contributed by atoms with Crippen LogP contribution in [0.25, 0.3) is 0 Å². The zero-order valence-electron chi connectivity index (χ0n) is 11.5. The number of aliphatic hydroxyl groups excluding tert-OH is 1.